The number of hydrogen-bond donors (Lipinski definition) is 3. The van der Waals surface area contributed by atoms with E-state index in [-0.39, 0.29) is 5.91 Å². The van der Waals surface area contributed by atoms with Crippen LogP contribution >= 0.6 is 11.3 Å². The first-order chi connectivity index (χ1) is 17.1. The molecule has 2 aromatic carbocycles. The summed E-state index contributed by atoms with van der Waals surface area (Å²) in [5, 5.41) is 12.6. The summed E-state index contributed by atoms with van der Waals surface area (Å²) < 4.78 is 0. The summed E-state index contributed by atoms with van der Waals surface area (Å²) in [6.07, 6.45) is 3.55. The van der Waals surface area contributed by atoms with Crippen LogP contribution in [0.15, 0.2) is 72.4 Å². The maximum absolute atomic E-state index is 12.9. The molecule has 1 saturated heterocycles. The number of hydrogen-bond acceptors (Lipinski definition) is 7. The third-order valence-corrected chi connectivity index (χ3v) is 6.79. The maximum Gasteiger partial charge on any atom is 0.255 e. The van der Waals surface area contributed by atoms with E-state index < -0.39 is 0 Å². The molecule has 0 radical (unpaired) electrons. The number of carbonyl (C=O) groups is 1. The summed E-state index contributed by atoms with van der Waals surface area (Å²) in [6, 6.07) is 17.6. The molecule has 35 heavy (non-hydrogen) atoms. The molecule has 0 bridgehead atoms. The lowest BCUT2D eigenvalue weighted by molar-refractivity contribution is 0.102. The fourth-order valence-electron chi connectivity index (χ4n) is 4.02. The van der Waals surface area contributed by atoms with Crippen molar-refractivity contribution in [2.75, 3.05) is 36.8 Å². The Labute approximate surface area is 209 Å². The molecule has 1 aliphatic heterocycles. The molecule has 8 heteroatoms. The zero-order chi connectivity index (χ0) is 24.0. The van der Waals surface area contributed by atoms with Gasteiger partial charge in [0.1, 0.15) is 0 Å². The normalized spacial score (nSPS) is 14.0. The number of anilines is 3. The van der Waals surface area contributed by atoms with Gasteiger partial charge in [-0.3, -0.25) is 14.7 Å². The van der Waals surface area contributed by atoms with Gasteiger partial charge in [0.2, 0.25) is 0 Å². The minimum Gasteiger partial charge on any atom is -0.331 e. The molecule has 3 heterocycles. The highest BCUT2D eigenvalue weighted by Gasteiger charge is 2.12. The molecule has 0 saturated carbocycles. The molecule has 4 aromatic rings. The Bertz CT molecular complexity index is 1280. The molecule has 7 nitrogen and oxygen atoms in total. The van der Waals surface area contributed by atoms with Crippen molar-refractivity contribution in [1.29, 1.82) is 0 Å². The van der Waals surface area contributed by atoms with Crippen LogP contribution in [0.3, 0.4) is 0 Å². The van der Waals surface area contributed by atoms with Gasteiger partial charge in [-0.15, -0.1) is 11.3 Å². The van der Waals surface area contributed by atoms with Crippen molar-refractivity contribution < 1.29 is 4.79 Å². The first-order valence-corrected chi connectivity index (χ1v) is 12.6. The van der Waals surface area contributed by atoms with E-state index in [1.54, 1.807) is 12.4 Å². The summed E-state index contributed by atoms with van der Waals surface area (Å²) in [5.74, 6) is -0.123. The molecule has 0 unspecified atom stereocenters. The van der Waals surface area contributed by atoms with Gasteiger partial charge < -0.3 is 16.0 Å². The molecule has 0 atom stereocenters. The topological polar surface area (TPSA) is 82.2 Å². The average Bonchev–Trinajstić information content (AvgIpc) is 3.36. The number of aromatic nitrogens is 2. The van der Waals surface area contributed by atoms with Crippen LogP contribution in [0.2, 0.25) is 0 Å². The van der Waals surface area contributed by atoms with Crippen molar-refractivity contribution in [2.45, 2.75) is 13.5 Å². The molecule has 178 valence electrons. The number of carbonyl (C=O) groups excluding carboxylic acids is 1. The van der Waals surface area contributed by atoms with Crippen molar-refractivity contribution in [2.24, 2.45) is 0 Å². The number of pyridine rings is 1. The quantitative estimate of drug-likeness (QED) is 0.346. The van der Waals surface area contributed by atoms with Crippen molar-refractivity contribution in [3.8, 4) is 11.3 Å². The molecule has 1 amide bonds. The number of nitrogens with zero attached hydrogens (tertiary/aromatic N) is 3. The van der Waals surface area contributed by atoms with Crippen LogP contribution in [0, 0.1) is 6.92 Å². The van der Waals surface area contributed by atoms with Crippen LogP contribution in [-0.2, 0) is 6.54 Å². The number of nitrogens with one attached hydrogen (secondary N) is 3. The Hall–Kier alpha value is -3.59. The number of rotatable bonds is 7. The van der Waals surface area contributed by atoms with Gasteiger partial charge >= 0.3 is 0 Å². The summed E-state index contributed by atoms with van der Waals surface area (Å²) in [6.45, 7) is 7.11. The number of benzene rings is 2. The van der Waals surface area contributed by atoms with Crippen molar-refractivity contribution in [1.82, 2.24) is 20.2 Å². The average molecular weight is 485 g/mol. The van der Waals surface area contributed by atoms with Crippen LogP contribution in [0.1, 0.15) is 21.5 Å². The third-order valence-electron chi connectivity index (χ3n) is 6.03. The van der Waals surface area contributed by atoms with Crippen molar-refractivity contribution in [3.63, 3.8) is 0 Å². The van der Waals surface area contributed by atoms with Crippen LogP contribution in [0.5, 0.6) is 0 Å². The standard InChI is InChI=1S/C27H28N6OS/c1-19-4-9-23(15-24(19)31-27-32-25(18-35-27)22-3-2-10-29-16-22)30-26(34)21-7-5-20(6-8-21)17-33-13-11-28-12-14-33/h2-10,15-16,18,28H,11-14,17H2,1H3,(H,30,34)(H,31,32). The lowest BCUT2D eigenvalue weighted by atomic mass is 10.1. The highest BCUT2D eigenvalue weighted by Crippen LogP contribution is 2.29. The molecule has 2 aromatic heterocycles. The van der Waals surface area contributed by atoms with Crippen LogP contribution < -0.4 is 16.0 Å². The Balaban J connectivity index is 1.23. The van der Waals surface area contributed by atoms with Gasteiger partial charge in [-0.2, -0.15) is 0 Å². The third kappa shape index (κ3) is 5.92. The van der Waals surface area contributed by atoms with Gasteiger partial charge in [-0.25, -0.2) is 4.98 Å². The second kappa shape index (κ2) is 10.8. The monoisotopic (exact) mass is 484 g/mol. The summed E-state index contributed by atoms with van der Waals surface area (Å²) in [5.41, 5.74) is 6.43. The molecular formula is C27H28N6OS. The van der Waals surface area contributed by atoms with Gasteiger partial charge in [0.05, 0.1) is 5.69 Å². The Morgan fingerprint density at radius 3 is 2.71 bits per heavy atom. The molecule has 0 aliphatic carbocycles. The van der Waals surface area contributed by atoms with Gasteiger partial charge in [0, 0.05) is 73.0 Å². The van der Waals surface area contributed by atoms with E-state index in [4.69, 9.17) is 0 Å². The van der Waals surface area contributed by atoms with Gasteiger partial charge in [0.25, 0.3) is 5.91 Å². The largest absolute Gasteiger partial charge is 0.331 e. The van der Waals surface area contributed by atoms with E-state index in [9.17, 15) is 4.79 Å². The molecular weight excluding hydrogens is 456 g/mol. The number of aryl methyl sites for hydroxylation is 1. The smallest absolute Gasteiger partial charge is 0.255 e. The molecule has 1 aliphatic rings. The van der Waals surface area contributed by atoms with E-state index >= 15 is 0 Å². The van der Waals surface area contributed by atoms with Crippen LogP contribution in [-0.4, -0.2) is 47.0 Å². The fraction of sp³-hybridized carbons (Fsp3) is 0.222. The molecule has 1 fully saturated rings. The lowest BCUT2D eigenvalue weighted by Crippen LogP contribution is -2.42. The van der Waals surface area contributed by atoms with Gasteiger partial charge in [-0.1, -0.05) is 18.2 Å². The first-order valence-electron chi connectivity index (χ1n) is 11.7. The van der Waals surface area contributed by atoms with Gasteiger partial charge in [0.15, 0.2) is 5.13 Å². The first kappa shape index (κ1) is 23.2. The highest BCUT2D eigenvalue weighted by atomic mass is 32.1. The number of amides is 1. The second-order valence-electron chi connectivity index (χ2n) is 8.61. The second-order valence-corrected chi connectivity index (χ2v) is 9.47. The Morgan fingerprint density at radius 2 is 1.94 bits per heavy atom. The van der Waals surface area contributed by atoms with Gasteiger partial charge in [-0.05, 0) is 54.4 Å². The van der Waals surface area contributed by atoms with E-state index in [0.29, 0.717) is 5.56 Å². The van der Waals surface area contributed by atoms with Crippen LogP contribution in [0.25, 0.3) is 11.3 Å². The molecule has 0 spiro atoms. The Morgan fingerprint density at radius 1 is 1.11 bits per heavy atom. The molecule has 5 rings (SSSR count). The SMILES string of the molecule is Cc1ccc(NC(=O)c2ccc(CN3CCNCC3)cc2)cc1Nc1nc(-c2cccnc2)cs1. The van der Waals surface area contributed by atoms with E-state index in [1.807, 2.05) is 66.9 Å². The summed E-state index contributed by atoms with van der Waals surface area (Å²) in [7, 11) is 0. The van der Waals surface area contributed by atoms with Crippen molar-refractivity contribution >= 4 is 33.8 Å². The van der Waals surface area contributed by atoms with E-state index in [1.165, 1.54) is 16.9 Å². The van der Waals surface area contributed by atoms with E-state index in [2.05, 4.69) is 30.8 Å². The highest BCUT2D eigenvalue weighted by molar-refractivity contribution is 7.14. The minimum absolute atomic E-state index is 0.123. The Kier molecular flexibility index (Phi) is 7.13. The maximum atomic E-state index is 12.9. The number of piperazine rings is 1. The van der Waals surface area contributed by atoms with Crippen LogP contribution in [0.4, 0.5) is 16.5 Å². The fourth-order valence-corrected chi connectivity index (χ4v) is 4.75. The van der Waals surface area contributed by atoms with E-state index in [0.717, 1.165) is 66.1 Å². The predicted octanol–water partition coefficient (Wildman–Crippen LogP) is 4.91. The lowest BCUT2D eigenvalue weighted by Gasteiger charge is -2.27. The zero-order valence-corrected chi connectivity index (χ0v) is 20.4. The zero-order valence-electron chi connectivity index (χ0n) is 19.6. The minimum atomic E-state index is -0.123. The number of thiazole rings is 1. The summed E-state index contributed by atoms with van der Waals surface area (Å²) in [4.78, 5) is 24.1. The predicted molar refractivity (Wildman–Crippen MR) is 142 cm³/mol. The molecule has 3 N–H and O–H groups in total. The summed E-state index contributed by atoms with van der Waals surface area (Å²) >= 11 is 1.53. The van der Waals surface area contributed by atoms with Crippen molar-refractivity contribution in [3.05, 3.63) is 89.1 Å².